The number of rotatable bonds is 2. The minimum absolute atomic E-state index is 0.0245. The minimum atomic E-state index is -0.593. The Morgan fingerprint density at radius 1 is 1.10 bits per heavy atom. The van der Waals surface area contributed by atoms with E-state index in [2.05, 4.69) is 0 Å². The van der Waals surface area contributed by atoms with E-state index in [1.807, 2.05) is 59.5 Å². The van der Waals surface area contributed by atoms with E-state index in [1.54, 1.807) is 0 Å². The maximum Gasteiger partial charge on any atom is 0.254 e. The van der Waals surface area contributed by atoms with Gasteiger partial charge in [-0.3, -0.25) is 4.79 Å². The van der Waals surface area contributed by atoms with Crippen molar-refractivity contribution in [1.82, 2.24) is 9.88 Å². The number of piperidine rings is 1. The van der Waals surface area contributed by atoms with Crippen molar-refractivity contribution in [2.24, 2.45) is 5.92 Å². The summed E-state index contributed by atoms with van der Waals surface area (Å²) in [6.07, 6.45) is 4.73. The van der Waals surface area contributed by atoms with Gasteiger partial charge in [-0.1, -0.05) is 54.8 Å². The maximum atomic E-state index is 13.6. The molecule has 2 heterocycles. The number of carbonyl (C=O) groups excluding carboxylic acids is 1. The highest BCUT2D eigenvalue weighted by atomic mass is 35.5. The van der Waals surface area contributed by atoms with Gasteiger partial charge in [0, 0.05) is 35.0 Å². The molecule has 5 heteroatoms. The van der Waals surface area contributed by atoms with E-state index in [-0.39, 0.29) is 11.8 Å². The molecule has 2 aromatic carbocycles. The Labute approximate surface area is 181 Å². The van der Waals surface area contributed by atoms with E-state index in [0.717, 1.165) is 47.8 Å². The number of hydrogen-bond donors (Lipinski definition) is 1. The molecule has 30 heavy (non-hydrogen) atoms. The highest BCUT2D eigenvalue weighted by molar-refractivity contribution is 6.30. The van der Waals surface area contributed by atoms with Gasteiger partial charge in [0.2, 0.25) is 0 Å². The van der Waals surface area contributed by atoms with Crippen LogP contribution in [0.2, 0.25) is 5.02 Å². The number of hydrogen-bond acceptors (Lipinski definition) is 3. The fourth-order valence-corrected chi connectivity index (χ4v) is 5.17. The number of nitrogens with zero attached hydrogens (tertiary/aromatic N) is 2. The van der Waals surface area contributed by atoms with Crippen molar-refractivity contribution < 1.29 is 9.90 Å². The van der Waals surface area contributed by atoms with Crippen molar-refractivity contribution in [3.63, 3.8) is 0 Å². The molecule has 1 saturated carbocycles. The lowest BCUT2D eigenvalue weighted by molar-refractivity contribution is -0.0885. The third kappa shape index (κ3) is 3.48. The van der Waals surface area contributed by atoms with Crippen LogP contribution in [0.5, 0.6) is 0 Å². The number of benzene rings is 2. The Balaban J connectivity index is 1.53. The number of aliphatic hydroxyl groups is 1. The van der Waals surface area contributed by atoms with E-state index in [1.165, 1.54) is 0 Å². The number of pyridine rings is 1. The Hall–Kier alpha value is -2.43. The monoisotopic (exact) mass is 420 g/mol. The average molecular weight is 421 g/mol. The molecule has 0 spiro atoms. The predicted octanol–water partition coefficient (Wildman–Crippen LogP) is 5.32. The van der Waals surface area contributed by atoms with E-state index < -0.39 is 5.60 Å². The second-order valence-electron chi connectivity index (χ2n) is 8.63. The Morgan fingerprint density at radius 2 is 1.90 bits per heavy atom. The molecule has 2 fully saturated rings. The molecular formula is C25H25ClN2O2. The lowest BCUT2D eigenvalue weighted by Crippen LogP contribution is -2.54. The van der Waals surface area contributed by atoms with Crippen LogP contribution in [0.1, 0.15) is 42.5 Å². The third-order valence-electron chi connectivity index (χ3n) is 6.80. The maximum absolute atomic E-state index is 13.6. The molecule has 3 aromatic rings. The normalized spacial score (nSPS) is 23.9. The second-order valence-corrected chi connectivity index (χ2v) is 9.06. The Morgan fingerprint density at radius 3 is 2.73 bits per heavy atom. The van der Waals surface area contributed by atoms with Crippen LogP contribution in [0.15, 0.2) is 54.6 Å². The summed E-state index contributed by atoms with van der Waals surface area (Å²) in [5.74, 6) is 0.198. The van der Waals surface area contributed by atoms with Gasteiger partial charge in [0.25, 0.3) is 5.91 Å². The van der Waals surface area contributed by atoms with Crippen LogP contribution < -0.4 is 0 Å². The van der Waals surface area contributed by atoms with Crippen molar-refractivity contribution in [2.75, 3.05) is 13.1 Å². The number of para-hydroxylation sites is 1. The number of likely N-dealkylation sites (tertiary alicyclic amines) is 1. The fourth-order valence-electron chi connectivity index (χ4n) is 5.05. The van der Waals surface area contributed by atoms with Gasteiger partial charge in [-0.25, -0.2) is 4.98 Å². The molecule has 0 radical (unpaired) electrons. The van der Waals surface area contributed by atoms with Gasteiger partial charge in [-0.2, -0.15) is 0 Å². The van der Waals surface area contributed by atoms with Gasteiger partial charge in [0.05, 0.1) is 22.4 Å². The molecule has 1 saturated heterocycles. The van der Waals surface area contributed by atoms with Crippen LogP contribution in [0, 0.1) is 5.92 Å². The van der Waals surface area contributed by atoms with Crippen LogP contribution in [-0.4, -0.2) is 39.6 Å². The van der Waals surface area contributed by atoms with Crippen LogP contribution in [0.25, 0.3) is 22.2 Å². The first-order valence-corrected chi connectivity index (χ1v) is 11.1. The van der Waals surface area contributed by atoms with Gasteiger partial charge >= 0.3 is 0 Å². The van der Waals surface area contributed by atoms with Gasteiger partial charge in [0.15, 0.2) is 0 Å². The van der Waals surface area contributed by atoms with Crippen molar-refractivity contribution in [2.45, 2.75) is 37.7 Å². The topological polar surface area (TPSA) is 53.4 Å². The highest BCUT2D eigenvalue weighted by Crippen LogP contribution is 2.40. The summed E-state index contributed by atoms with van der Waals surface area (Å²) < 4.78 is 0. The summed E-state index contributed by atoms with van der Waals surface area (Å²) in [6.45, 7) is 1.22. The van der Waals surface area contributed by atoms with Crippen LogP contribution in [0.4, 0.5) is 0 Å². The smallest absolute Gasteiger partial charge is 0.254 e. The Kier molecular flexibility index (Phi) is 5.00. The summed E-state index contributed by atoms with van der Waals surface area (Å²) in [5, 5.41) is 12.5. The van der Waals surface area contributed by atoms with Crippen molar-refractivity contribution >= 4 is 28.4 Å². The highest BCUT2D eigenvalue weighted by Gasteiger charge is 2.44. The molecular weight excluding hydrogens is 396 g/mol. The molecule has 154 valence electrons. The molecule has 1 amide bonds. The molecule has 4 nitrogen and oxygen atoms in total. The summed E-state index contributed by atoms with van der Waals surface area (Å²) in [4.78, 5) is 20.3. The van der Waals surface area contributed by atoms with Crippen molar-refractivity contribution in [1.29, 1.82) is 0 Å². The Bertz CT molecular complexity index is 1100. The van der Waals surface area contributed by atoms with Crippen LogP contribution in [0.3, 0.4) is 0 Å². The summed E-state index contributed by atoms with van der Waals surface area (Å²) in [5.41, 5.74) is 2.58. The summed E-state index contributed by atoms with van der Waals surface area (Å²) in [6, 6.07) is 17.2. The second kappa shape index (κ2) is 7.68. The number of halogens is 1. The first kappa shape index (κ1) is 19.5. The number of aromatic nitrogens is 1. The van der Waals surface area contributed by atoms with E-state index in [0.29, 0.717) is 30.1 Å². The minimum Gasteiger partial charge on any atom is -0.389 e. The largest absolute Gasteiger partial charge is 0.389 e. The summed E-state index contributed by atoms with van der Waals surface area (Å²) >= 11 is 6.04. The zero-order valence-electron chi connectivity index (χ0n) is 16.9. The van der Waals surface area contributed by atoms with Gasteiger partial charge in [-0.15, -0.1) is 0 Å². The lowest BCUT2D eigenvalue weighted by Gasteiger charge is -2.47. The fraction of sp³-hybridized carbons (Fsp3) is 0.360. The van der Waals surface area contributed by atoms with Crippen molar-refractivity contribution in [3.05, 3.63) is 65.2 Å². The van der Waals surface area contributed by atoms with E-state index >= 15 is 0 Å². The average Bonchev–Trinajstić information content (AvgIpc) is 2.77. The first-order chi connectivity index (χ1) is 14.5. The van der Waals surface area contributed by atoms with Gasteiger partial charge in [0.1, 0.15) is 0 Å². The molecule has 5 rings (SSSR count). The first-order valence-electron chi connectivity index (χ1n) is 10.7. The third-order valence-corrected chi connectivity index (χ3v) is 7.05. The van der Waals surface area contributed by atoms with Gasteiger partial charge < -0.3 is 10.0 Å². The van der Waals surface area contributed by atoms with E-state index in [4.69, 9.17) is 16.6 Å². The predicted molar refractivity (Wildman–Crippen MR) is 120 cm³/mol. The quantitative estimate of drug-likeness (QED) is 0.610. The van der Waals surface area contributed by atoms with Crippen LogP contribution >= 0.6 is 11.6 Å². The number of fused-ring (bicyclic) bond motifs is 2. The molecule has 1 N–H and O–H groups in total. The SMILES string of the molecule is O=C(c1cc(-c2ccc(Cl)cc2)nc2ccccc12)N1CCC2(O)CCCCC2C1. The molecule has 1 aromatic heterocycles. The molecule has 2 aliphatic rings. The van der Waals surface area contributed by atoms with Crippen molar-refractivity contribution in [3.8, 4) is 11.3 Å². The van der Waals surface area contributed by atoms with Crippen LogP contribution in [-0.2, 0) is 0 Å². The lowest BCUT2D eigenvalue weighted by atomic mass is 9.71. The molecule has 2 atom stereocenters. The molecule has 0 bridgehead atoms. The standard InChI is InChI=1S/C25H25ClN2O2/c26-19-10-8-17(9-11-19)23-15-21(20-6-1-2-7-22(20)27-23)24(29)28-14-13-25(30)12-4-3-5-18(25)16-28/h1-2,6-11,15,18,30H,3-5,12-14,16H2. The van der Waals surface area contributed by atoms with E-state index in [9.17, 15) is 9.90 Å². The summed E-state index contributed by atoms with van der Waals surface area (Å²) in [7, 11) is 0. The zero-order valence-corrected chi connectivity index (χ0v) is 17.6. The van der Waals surface area contributed by atoms with Gasteiger partial charge in [-0.05, 0) is 43.5 Å². The number of carbonyl (C=O) groups is 1. The zero-order chi connectivity index (χ0) is 20.7. The molecule has 1 aliphatic heterocycles. The molecule has 2 unspecified atom stereocenters. The molecule has 1 aliphatic carbocycles. The number of amides is 1.